The highest BCUT2D eigenvalue weighted by Crippen LogP contribution is 2.14. The van der Waals surface area contributed by atoms with E-state index in [-0.39, 0.29) is 31.1 Å². The zero-order chi connectivity index (χ0) is 22.9. The van der Waals surface area contributed by atoms with Crippen molar-refractivity contribution < 1.29 is 28.7 Å². The minimum absolute atomic E-state index is 0.0515. The number of ether oxygens (including phenoxy) is 2. The second-order valence-electron chi connectivity index (χ2n) is 8.08. The molecule has 1 N–H and O–H groups in total. The summed E-state index contributed by atoms with van der Waals surface area (Å²) < 4.78 is 9.82. The lowest BCUT2D eigenvalue weighted by Crippen LogP contribution is -2.57. The molecular formula is C23H40N2O6. The summed E-state index contributed by atoms with van der Waals surface area (Å²) in [5, 5.41) is 2.68. The van der Waals surface area contributed by atoms with Crippen molar-refractivity contribution in [2.75, 3.05) is 26.8 Å². The van der Waals surface area contributed by atoms with Crippen LogP contribution in [-0.2, 0) is 28.7 Å². The van der Waals surface area contributed by atoms with Gasteiger partial charge >= 0.3 is 11.9 Å². The molecule has 2 amide bonds. The minimum Gasteiger partial charge on any atom is -0.469 e. The first-order valence-corrected chi connectivity index (χ1v) is 11.8. The number of amides is 2. The fraction of sp³-hybridized carbons (Fsp3) is 0.826. The Bertz CT molecular complexity index is 566. The smallest absolute Gasteiger partial charge is 0.308 e. The molecule has 1 atom stereocenters. The van der Waals surface area contributed by atoms with Crippen molar-refractivity contribution in [1.29, 1.82) is 0 Å². The van der Waals surface area contributed by atoms with E-state index in [1.54, 1.807) is 0 Å². The van der Waals surface area contributed by atoms with Crippen molar-refractivity contribution in [2.45, 2.75) is 96.4 Å². The van der Waals surface area contributed by atoms with Crippen molar-refractivity contribution in [3.63, 3.8) is 0 Å². The number of hydrogen-bond donors (Lipinski definition) is 1. The van der Waals surface area contributed by atoms with E-state index in [0.717, 1.165) is 19.3 Å². The molecule has 0 spiro atoms. The molecule has 1 aliphatic heterocycles. The summed E-state index contributed by atoms with van der Waals surface area (Å²) in [5.74, 6) is -1.67. The third-order valence-electron chi connectivity index (χ3n) is 5.54. The Morgan fingerprint density at radius 2 is 1.55 bits per heavy atom. The highest BCUT2D eigenvalue weighted by atomic mass is 16.5. The van der Waals surface area contributed by atoms with E-state index < -0.39 is 18.0 Å². The summed E-state index contributed by atoms with van der Waals surface area (Å²) in [5.41, 5.74) is 0. The number of carbonyl (C=O) groups excluding carboxylic acids is 4. The van der Waals surface area contributed by atoms with Gasteiger partial charge in [-0.3, -0.25) is 19.2 Å². The van der Waals surface area contributed by atoms with Gasteiger partial charge in [-0.15, -0.1) is 0 Å². The molecule has 0 saturated carbocycles. The van der Waals surface area contributed by atoms with E-state index in [9.17, 15) is 19.2 Å². The van der Waals surface area contributed by atoms with E-state index in [1.165, 1.54) is 57.0 Å². The second kappa shape index (κ2) is 16.6. The van der Waals surface area contributed by atoms with E-state index in [0.29, 0.717) is 19.7 Å². The molecule has 0 aromatic heterocycles. The summed E-state index contributed by atoms with van der Waals surface area (Å²) in [6.45, 7) is 3.19. The lowest BCUT2D eigenvalue weighted by molar-refractivity contribution is -0.153. The molecular weight excluding hydrogens is 400 g/mol. The van der Waals surface area contributed by atoms with Gasteiger partial charge in [0.25, 0.3) is 0 Å². The summed E-state index contributed by atoms with van der Waals surface area (Å²) in [4.78, 5) is 49.4. The summed E-state index contributed by atoms with van der Waals surface area (Å²) >= 11 is 0. The first-order chi connectivity index (χ1) is 15.0. The van der Waals surface area contributed by atoms with Gasteiger partial charge in [0.2, 0.25) is 11.8 Å². The normalized spacial score (nSPS) is 16.0. The maximum Gasteiger partial charge on any atom is 0.308 e. The first kappa shape index (κ1) is 26.9. The van der Waals surface area contributed by atoms with Crippen LogP contribution in [0.1, 0.15) is 90.4 Å². The number of carbonyl (C=O) groups is 4. The Kier molecular flexibility index (Phi) is 14.4. The van der Waals surface area contributed by atoms with Crippen LogP contribution in [0, 0.1) is 0 Å². The van der Waals surface area contributed by atoms with E-state index in [1.807, 2.05) is 0 Å². The number of nitrogens with zero attached hydrogens (tertiary/aromatic N) is 1. The summed E-state index contributed by atoms with van der Waals surface area (Å²) in [6.07, 6.45) is 11.7. The molecule has 0 aliphatic carbocycles. The highest BCUT2D eigenvalue weighted by Gasteiger charge is 2.35. The predicted octanol–water partition coefficient (Wildman–Crippen LogP) is 3.12. The third-order valence-corrected chi connectivity index (χ3v) is 5.54. The van der Waals surface area contributed by atoms with Gasteiger partial charge in [0.15, 0.2) is 0 Å². The molecule has 178 valence electrons. The van der Waals surface area contributed by atoms with Crippen LogP contribution < -0.4 is 5.32 Å². The minimum atomic E-state index is -0.890. The van der Waals surface area contributed by atoms with Crippen LogP contribution in [0.2, 0.25) is 0 Å². The van der Waals surface area contributed by atoms with Crippen LogP contribution in [0.4, 0.5) is 0 Å². The Morgan fingerprint density at radius 3 is 2.16 bits per heavy atom. The Morgan fingerprint density at radius 1 is 0.935 bits per heavy atom. The molecule has 0 radical (unpaired) electrons. The van der Waals surface area contributed by atoms with Gasteiger partial charge in [-0.25, -0.2) is 0 Å². The fourth-order valence-corrected chi connectivity index (χ4v) is 3.66. The van der Waals surface area contributed by atoms with Crippen molar-refractivity contribution in [3.8, 4) is 0 Å². The standard InChI is InChI=1S/C23H40N2O6/c1-3-4-5-6-7-8-9-10-11-12-17-31-22(28)18-19-23(29)24-15-16-25(19)20(26)13-14-21(27)30-2/h19H,3-18H2,1-2H3,(H,24,29). The number of unbranched alkanes of at least 4 members (excludes halogenated alkanes) is 9. The number of nitrogens with one attached hydrogen (secondary N) is 1. The first-order valence-electron chi connectivity index (χ1n) is 11.8. The zero-order valence-electron chi connectivity index (χ0n) is 19.3. The van der Waals surface area contributed by atoms with Crippen LogP contribution in [0.15, 0.2) is 0 Å². The number of hydrogen-bond acceptors (Lipinski definition) is 6. The third kappa shape index (κ3) is 11.7. The van der Waals surface area contributed by atoms with E-state index >= 15 is 0 Å². The van der Waals surface area contributed by atoms with Gasteiger partial charge in [0, 0.05) is 19.5 Å². The highest BCUT2D eigenvalue weighted by molar-refractivity contribution is 5.92. The maximum atomic E-state index is 12.4. The molecule has 0 aromatic rings. The van der Waals surface area contributed by atoms with Crippen LogP contribution >= 0.6 is 0 Å². The lowest BCUT2D eigenvalue weighted by Gasteiger charge is -2.34. The Labute approximate surface area is 186 Å². The molecule has 8 heteroatoms. The summed E-state index contributed by atoms with van der Waals surface area (Å²) in [7, 11) is 1.26. The van der Waals surface area contributed by atoms with Gasteiger partial charge < -0.3 is 19.7 Å². The maximum absolute atomic E-state index is 12.4. The molecule has 1 unspecified atom stereocenters. The van der Waals surface area contributed by atoms with Gasteiger partial charge in [0.1, 0.15) is 6.04 Å². The number of methoxy groups -OCH3 is 1. The molecule has 1 aliphatic rings. The van der Waals surface area contributed by atoms with Crippen molar-refractivity contribution in [3.05, 3.63) is 0 Å². The van der Waals surface area contributed by atoms with Crippen molar-refractivity contribution in [1.82, 2.24) is 10.2 Å². The van der Waals surface area contributed by atoms with Gasteiger partial charge in [-0.2, -0.15) is 0 Å². The van der Waals surface area contributed by atoms with Crippen LogP contribution in [0.5, 0.6) is 0 Å². The largest absolute Gasteiger partial charge is 0.469 e. The number of piperazine rings is 1. The second-order valence-corrected chi connectivity index (χ2v) is 8.08. The molecule has 1 fully saturated rings. The number of rotatable bonds is 16. The van der Waals surface area contributed by atoms with Gasteiger partial charge in [0.05, 0.1) is 26.6 Å². The van der Waals surface area contributed by atoms with Gasteiger partial charge in [-0.1, -0.05) is 64.7 Å². The van der Waals surface area contributed by atoms with Crippen LogP contribution in [0.3, 0.4) is 0 Å². The topological polar surface area (TPSA) is 102 Å². The monoisotopic (exact) mass is 440 g/mol. The van der Waals surface area contributed by atoms with E-state index in [2.05, 4.69) is 17.0 Å². The summed E-state index contributed by atoms with van der Waals surface area (Å²) in [6, 6.07) is -0.890. The molecule has 1 saturated heterocycles. The van der Waals surface area contributed by atoms with Gasteiger partial charge in [-0.05, 0) is 6.42 Å². The van der Waals surface area contributed by atoms with Crippen LogP contribution in [0.25, 0.3) is 0 Å². The lowest BCUT2D eigenvalue weighted by atomic mass is 10.1. The number of esters is 2. The van der Waals surface area contributed by atoms with Crippen molar-refractivity contribution >= 4 is 23.8 Å². The molecule has 8 nitrogen and oxygen atoms in total. The van der Waals surface area contributed by atoms with Crippen LogP contribution in [-0.4, -0.2) is 61.5 Å². The molecule has 1 rings (SSSR count). The molecule has 31 heavy (non-hydrogen) atoms. The SMILES string of the molecule is CCCCCCCCCCCCOC(=O)CC1C(=O)NCCN1C(=O)CCC(=O)OC. The zero-order valence-corrected chi connectivity index (χ0v) is 19.3. The average molecular weight is 441 g/mol. The molecule has 1 heterocycles. The Hall–Kier alpha value is -2.12. The molecule has 0 bridgehead atoms. The molecule has 0 aromatic carbocycles. The fourth-order valence-electron chi connectivity index (χ4n) is 3.66. The van der Waals surface area contributed by atoms with E-state index in [4.69, 9.17) is 4.74 Å². The predicted molar refractivity (Wildman–Crippen MR) is 117 cm³/mol. The van der Waals surface area contributed by atoms with Crippen molar-refractivity contribution in [2.24, 2.45) is 0 Å². The Balaban J connectivity index is 2.23. The average Bonchev–Trinajstić information content (AvgIpc) is 2.76. The quantitative estimate of drug-likeness (QED) is 0.292.